The third kappa shape index (κ3) is 10.1. The van der Waals surface area contributed by atoms with Crippen LogP contribution in [-0.4, -0.2) is 58.2 Å². The van der Waals surface area contributed by atoms with Crippen LogP contribution in [0.2, 0.25) is 0 Å². The Balaban J connectivity index is 0.00000722. The molecular weight excluding hydrogens is 623 g/mol. The maximum atomic E-state index is 13.4. The zero-order valence-electron chi connectivity index (χ0n) is 22.5. The molecule has 2 rings (SSSR count). The van der Waals surface area contributed by atoms with E-state index in [1.54, 1.807) is 19.9 Å². The molecule has 0 radical (unpaired) electrons. The van der Waals surface area contributed by atoms with E-state index in [2.05, 4.69) is 5.32 Å². The molecule has 0 fully saturated rings. The van der Waals surface area contributed by atoms with Gasteiger partial charge in [-0.05, 0) is 78.0 Å². The van der Waals surface area contributed by atoms with Crippen LogP contribution in [0.4, 0.5) is 0 Å². The molecule has 0 aliphatic carbocycles. The maximum Gasteiger partial charge on any atom is 0.323 e. The maximum absolute atomic E-state index is 13.4. The summed E-state index contributed by atoms with van der Waals surface area (Å²) in [7, 11) is 0. The topological polar surface area (TPSA) is 116 Å². The molecule has 0 unspecified atom stereocenters. The minimum atomic E-state index is -1.17. The highest BCUT2D eigenvalue weighted by Gasteiger charge is 2.29. The minimum absolute atomic E-state index is 0. The van der Waals surface area contributed by atoms with Gasteiger partial charge in [0.1, 0.15) is 18.3 Å². The second kappa shape index (κ2) is 15.3. The summed E-state index contributed by atoms with van der Waals surface area (Å²) in [5.74, 6) is -2.11. The monoisotopic (exact) mass is 660 g/mol. The largest absolute Gasteiger partial charge is 0.506 e. The van der Waals surface area contributed by atoms with Crippen LogP contribution in [-0.2, 0) is 37.5 Å². The Labute approximate surface area is 244 Å². The van der Waals surface area contributed by atoms with E-state index in [1.165, 1.54) is 4.90 Å². The molecule has 0 saturated carbocycles. The number of esters is 1. The first-order valence-corrected chi connectivity index (χ1v) is 13.4. The van der Waals surface area contributed by atoms with Crippen molar-refractivity contribution in [3.63, 3.8) is 0 Å². The van der Waals surface area contributed by atoms with Crippen molar-refractivity contribution in [2.24, 2.45) is 0 Å². The van der Waals surface area contributed by atoms with E-state index in [0.29, 0.717) is 22.0 Å². The molecule has 38 heavy (non-hydrogen) atoms. The molecular formula is C28H38ClIN2O6. The van der Waals surface area contributed by atoms with Crippen molar-refractivity contribution in [3.8, 4) is 5.75 Å². The summed E-state index contributed by atoms with van der Waals surface area (Å²) in [4.78, 5) is 38.9. The predicted molar refractivity (Wildman–Crippen MR) is 158 cm³/mol. The molecule has 0 spiro atoms. The van der Waals surface area contributed by atoms with Crippen LogP contribution in [0.1, 0.15) is 57.7 Å². The number of carboxylic acids is 1. The molecule has 10 heteroatoms. The van der Waals surface area contributed by atoms with Gasteiger partial charge >= 0.3 is 11.9 Å². The molecule has 0 bridgehead atoms. The average Bonchev–Trinajstić information content (AvgIpc) is 2.83. The van der Waals surface area contributed by atoms with Crippen molar-refractivity contribution >= 4 is 52.8 Å². The molecule has 0 aliphatic rings. The summed E-state index contributed by atoms with van der Waals surface area (Å²) in [6.07, 6.45) is 1.01. The molecule has 8 nitrogen and oxygen atoms in total. The van der Waals surface area contributed by atoms with Crippen LogP contribution >= 0.6 is 35.0 Å². The van der Waals surface area contributed by atoms with Crippen molar-refractivity contribution in [2.75, 3.05) is 13.2 Å². The number of nitrogens with zero attached hydrogens (tertiary/aromatic N) is 1. The number of carbonyl (C=O) groups is 3. The fourth-order valence-corrected chi connectivity index (χ4v) is 4.59. The summed E-state index contributed by atoms with van der Waals surface area (Å²) in [6.45, 7) is 9.00. The Morgan fingerprint density at radius 1 is 1.13 bits per heavy atom. The van der Waals surface area contributed by atoms with Gasteiger partial charge in [-0.3, -0.25) is 19.7 Å². The summed E-state index contributed by atoms with van der Waals surface area (Å²) >= 11 is 2.03. The number of rotatable bonds is 12. The third-order valence-corrected chi connectivity index (χ3v) is 6.79. The number of phenolic OH excluding ortho intramolecular Hbond substituents is 1. The quantitative estimate of drug-likeness (QED) is 0.224. The number of aliphatic carboxylic acids is 1. The highest BCUT2D eigenvalue weighted by Crippen LogP contribution is 2.32. The van der Waals surface area contributed by atoms with E-state index in [4.69, 9.17) is 4.74 Å². The number of carbonyl (C=O) groups excluding carboxylic acids is 2. The summed E-state index contributed by atoms with van der Waals surface area (Å²) in [5, 5.41) is 23.2. The van der Waals surface area contributed by atoms with E-state index in [-0.39, 0.29) is 36.7 Å². The zero-order chi connectivity index (χ0) is 27.8. The number of benzene rings is 2. The van der Waals surface area contributed by atoms with E-state index < -0.39 is 36.5 Å². The lowest BCUT2D eigenvalue weighted by Gasteiger charge is -2.28. The molecule has 1 amide bonds. The van der Waals surface area contributed by atoms with Gasteiger partial charge in [0, 0.05) is 5.56 Å². The number of carboxylic acid groups (broad SMARTS) is 1. The van der Waals surface area contributed by atoms with E-state index in [1.807, 2.05) is 79.8 Å². The van der Waals surface area contributed by atoms with Gasteiger partial charge < -0.3 is 19.8 Å². The van der Waals surface area contributed by atoms with Crippen LogP contribution in [0, 0.1) is 3.57 Å². The van der Waals surface area contributed by atoms with Gasteiger partial charge in [0.25, 0.3) is 0 Å². The smallest absolute Gasteiger partial charge is 0.323 e. The zero-order valence-corrected chi connectivity index (χ0v) is 25.5. The van der Waals surface area contributed by atoms with Crippen LogP contribution in [0.25, 0.3) is 0 Å². The fourth-order valence-electron chi connectivity index (χ4n) is 3.90. The van der Waals surface area contributed by atoms with Crippen LogP contribution in [0.5, 0.6) is 5.75 Å². The lowest BCUT2D eigenvalue weighted by molar-refractivity contribution is -0.148. The van der Waals surface area contributed by atoms with Gasteiger partial charge in [-0.25, -0.2) is 0 Å². The fraction of sp³-hybridized carbons (Fsp3) is 0.464. The lowest BCUT2D eigenvalue weighted by Crippen LogP contribution is -2.52. The number of halogens is 2. The number of hydrogen-bond donors (Lipinski definition) is 3. The molecule has 2 aromatic carbocycles. The van der Waals surface area contributed by atoms with E-state index in [9.17, 15) is 24.6 Å². The summed E-state index contributed by atoms with van der Waals surface area (Å²) in [6, 6.07) is 11.8. The molecule has 0 saturated heterocycles. The SMILES string of the molecule is CCOC(=O)[C@H](CCc1ccccc1)N[C@@H](C)C(=O)N(CC(=O)O)Cc1cc(C(C)(C)C)cc(I)c1O.Cl. The normalized spacial score (nSPS) is 12.7. The number of aryl methyl sites for hydroxylation is 1. The number of amides is 1. The van der Waals surface area contributed by atoms with Gasteiger partial charge in [-0.1, -0.05) is 51.1 Å². The van der Waals surface area contributed by atoms with Gasteiger partial charge in [-0.2, -0.15) is 0 Å². The van der Waals surface area contributed by atoms with Crippen molar-refractivity contribution in [1.29, 1.82) is 0 Å². The Morgan fingerprint density at radius 2 is 1.76 bits per heavy atom. The van der Waals surface area contributed by atoms with Gasteiger partial charge in [-0.15, -0.1) is 12.4 Å². The summed E-state index contributed by atoms with van der Waals surface area (Å²) in [5.41, 5.74) is 2.27. The molecule has 0 aliphatic heterocycles. The van der Waals surface area contributed by atoms with Crippen molar-refractivity contribution in [1.82, 2.24) is 10.2 Å². The second-order valence-corrected chi connectivity index (χ2v) is 11.2. The Hall–Kier alpha value is -2.37. The third-order valence-electron chi connectivity index (χ3n) is 5.96. The number of hydrogen-bond acceptors (Lipinski definition) is 6. The first-order chi connectivity index (χ1) is 17.3. The van der Waals surface area contributed by atoms with Crippen molar-refractivity contribution in [3.05, 3.63) is 62.7 Å². The second-order valence-electron chi connectivity index (χ2n) is 10.0. The molecule has 2 atom stereocenters. The van der Waals surface area contributed by atoms with Crippen molar-refractivity contribution < 1.29 is 29.3 Å². The Bertz CT molecular complexity index is 1090. The van der Waals surface area contributed by atoms with E-state index >= 15 is 0 Å². The average molecular weight is 661 g/mol. The molecule has 2 aromatic rings. The highest BCUT2D eigenvalue weighted by atomic mass is 127. The van der Waals surface area contributed by atoms with Gasteiger partial charge in [0.15, 0.2) is 0 Å². The Kier molecular flexibility index (Phi) is 13.5. The van der Waals surface area contributed by atoms with Crippen LogP contribution < -0.4 is 5.32 Å². The van der Waals surface area contributed by atoms with Crippen molar-refractivity contribution in [2.45, 2.75) is 71.5 Å². The molecule has 3 N–H and O–H groups in total. The predicted octanol–water partition coefficient (Wildman–Crippen LogP) is 4.67. The standard InChI is InChI=1S/C28H37IN2O6.ClH/c1-6-37-27(36)23(13-12-19-10-8-7-9-11-19)30-18(2)26(35)31(17-24(32)33)16-20-14-21(28(3,4)5)15-22(29)25(20)34;/h7-11,14-15,18,23,30,34H,6,12-13,16-17H2,1-5H3,(H,32,33);1H/t18-,23-;/m0./s1. The number of ether oxygens (including phenoxy) is 1. The first kappa shape index (κ1) is 33.7. The molecule has 0 heterocycles. The number of nitrogens with one attached hydrogen (secondary N) is 1. The first-order valence-electron chi connectivity index (χ1n) is 12.3. The van der Waals surface area contributed by atoms with Crippen LogP contribution in [0.3, 0.4) is 0 Å². The minimum Gasteiger partial charge on any atom is -0.506 e. The number of aromatic hydroxyl groups is 1. The number of phenols is 1. The highest BCUT2D eigenvalue weighted by molar-refractivity contribution is 14.1. The van der Waals surface area contributed by atoms with E-state index in [0.717, 1.165) is 11.1 Å². The van der Waals surface area contributed by atoms with Gasteiger partial charge in [0.05, 0.1) is 22.8 Å². The molecule has 210 valence electrons. The lowest BCUT2D eigenvalue weighted by atomic mass is 9.86. The van der Waals surface area contributed by atoms with Gasteiger partial charge in [0.2, 0.25) is 5.91 Å². The Morgan fingerprint density at radius 3 is 2.32 bits per heavy atom. The van der Waals surface area contributed by atoms with Crippen LogP contribution in [0.15, 0.2) is 42.5 Å². The molecule has 0 aromatic heterocycles. The summed E-state index contributed by atoms with van der Waals surface area (Å²) < 4.78 is 5.84.